The lowest BCUT2D eigenvalue weighted by molar-refractivity contribution is -0.140. The van der Waals surface area contributed by atoms with E-state index in [4.69, 9.17) is 19.4 Å². The maximum atomic E-state index is 12.8. The summed E-state index contributed by atoms with van der Waals surface area (Å²) in [6.07, 6.45) is 2.42. The molecule has 0 fully saturated rings. The van der Waals surface area contributed by atoms with Gasteiger partial charge in [-0.3, -0.25) is 29.0 Å². The van der Waals surface area contributed by atoms with Gasteiger partial charge in [0.25, 0.3) is 11.8 Å². The Morgan fingerprint density at radius 3 is 2.25 bits per heavy atom. The van der Waals surface area contributed by atoms with Crippen LogP contribution in [0.5, 0.6) is 5.75 Å². The van der Waals surface area contributed by atoms with Crippen molar-refractivity contribution in [3.05, 3.63) is 41.7 Å². The first kappa shape index (κ1) is 32.5. The Kier molecular flexibility index (Phi) is 12.3. The highest BCUT2D eigenvalue weighted by atomic mass is 31.2. The van der Waals surface area contributed by atoms with E-state index in [2.05, 4.69) is 10.6 Å². The maximum absolute atomic E-state index is 12.8. The van der Waals surface area contributed by atoms with Gasteiger partial charge in [0.05, 0.1) is 18.2 Å². The van der Waals surface area contributed by atoms with Crippen molar-refractivity contribution in [3.63, 3.8) is 0 Å². The van der Waals surface area contributed by atoms with Crippen molar-refractivity contribution < 1.29 is 48.3 Å². The second-order valence-electron chi connectivity index (χ2n) is 9.04. The fourth-order valence-corrected chi connectivity index (χ4v) is 4.41. The minimum Gasteiger partial charge on any atom is -0.507 e. The van der Waals surface area contributed by atoms with E-state index in [-0.39, 0.29) is 23.8 Å². The molecule has 2 rings (SSSR count). The van der Waals surface area contributed by atoms with Crippen molar-refractivity contribution in [1.82, 2.24) is 21.4 Å². The smallest absolute Gasteiger partial charge is 0.344 e. The summed E-state index contributed by atoms with van der Waals surface area (Å²) in [6.45, 7) is 3.51. The summed E-state index contributed by atoms with van der Waals surface area (Å²) in [7, 11) is -4.47. The van der Waals surface area contributed by atoms with Crippen molar-refractivity contribution in [3.8, 4) is 17.1 Å². The van der Waals surface area contributed by atoms with Gasteiger partial charge >= 0.3 is 7.60 Å². The Hall–Kier alpha value is -3.71. The predicted molar refractivity (Wildman–Crippen MR) is 142 cm³/mol. The molecule has 40 heavy (non-hydrogen) atoms. The van der Waals surface area contributed by atoms with Gasteiger partial charge in [0, 0.05) is 11.5 Å². The number of amides is 4. The summed E-state index contributed by atoms with van der Waals surface area (Å²) >= 11 is 0. The molecule has 0 saturated heterocycles. The summed E-state index contributed by atoms with van der Waals surface area (Å²) in [5.74, 6) is -4.42. The second kappa shape index (κ2) is 15.2. The zero-order valence-electron chi connectivity index (χ0n) is 22.2. The lowest BCUT2D eigenvalue weighted by atomic mass is 9.84. The third kappa shape index (κ3) is 9.49. The molecule has 220 valence electrons. The lowest BCUT2D eigenvalue weighted by Gasteiger charge is -2.24. The Morgan fingerprint density at radius 2 is 1.65 bits per heavy atom. The third-order valence-corrected chi connectivity index (χ3v) is 6.71. The number of phenols is 1. The van der Waals surface area contributed by atoms with Crippen LogP contribution in [0.3, 0.4) is 0 Å². The monoisotopic (exact) mass is 582 g/mol. The molecule has 8 N–H and O–H groups in total. The van der Waals surface area contributed by atoms with Crippen LogP contribution in [0.4, 0.5) is 0 Å². The molecule has 2 aromatic rings. The zero-order chi connectivity index (χ0) is 29.9. The predicted octanol–water partition coefficient (Wildman–Crippen LogP) is 2.05. The number of phenolic OH excluding ortho intramolecular Hbond substituents is 1. The van der Waals surface area contributed by atoms with Gasteiger partial charge in [-0.05, 0) is 37.1 Å². The average molecular weight is 583 g/mol. The fraction of sp³-hybridized carbons (Fsp3) is 0.440. The molecule has 0 unspecified atom stereocenters. The van der Waals surface area contributed by atoms with E-state index in [1.807, 2.05) is 12.2 Å². The standard InChI is InChI=1S/C25H35N4O10P/c1-3-5-6-7-17(16(4-2)24(33)29-35)22(31)26-13-27-25(34)21-11-10-20(39-21)15-8-9-18(19(30)12-15)23(32)28-14-40(36,37)38/h8-12,16-17,30,35H,3-7,13-14H2,1-2H3,(H,26,31)(H,27,34)(H,28,32)(H,29,33)(H2,36,37,38)/t16-,17-/m1/s1. The number of carbonyl (C=O) groups excluding carboxylic acids is 4. The highest BCUT2D eigenvalue weighted by Gasteiger charge is 2.32. The van der Waals surface area contributed by atoms with Gasteiger partial charge in [-0.2, -0.15) is 0 Å². The number of furan rings is 1. The molecule has 4 amide bonds. The molecule has 0 aliphatic carbocycles. The van der Waals surface area contributed by atoms with Crippen LogP contribution in [0, 0.1) is 11.8 Å². The molecular weight excluding hydrogens is 547 g/mol. The van der Waals surface area contributed by atoms with Crippen LogP contribution in [0.15, 0.2) is 34.7 Å². The molecule has 0 radical (unpaired) electrons. The van der Waals surface area contributed by atoms with Crippen LogP contribution in [-0.2, 0) is 14.2 Å². The van der Waals surface area contributed by atoms with E-state index >= 15 is 0 Å². The van der Waals surface area contributed by atoms with Crippen LogP contribution in [0.25, 0.3) is 11.3 Å². The van der Waals surface area contributed by atoms with Crippen LogP contribution >= 0.6 is 7.60 Å². The number of hydroxylamine groups is 1. The summed E-state index contributed by atoms with van der Waals surface area (Å²) in [5, 5.41) is 26.4. The molecule has 15 heteroatoms. The summed E-state index contributed by atoms with van der Waals surface area (Å²) in [6, 6.07) is 6.67. The molecular formula is C25H35N4O10P. The van der Waals surface area contributed by atoms with Crippen molar-refractivity contribution in [2.45, 2.75) is 46.0 Å². The topological polar surface area (TPSA) is 228 Å². The largest absolute Gasteiger partial charge is 0.507 e. The highest BCUT2D eigenvalue weighted by molar-refractivity contribution is 7.51. The lowest BCUT2D eigenvalue weighted by Crippen LogP contribution is -2.44. The number of carbonyl (C=O) groups is 4. The van der Waals surface area contributed by atoms with E-state index in [1.165, 1.54) is 30.3 Å². The minimum atomic E-state index is -4.47. The Bertz CT molecular complexity index is 1240. The Morgan fingerprint density at radius 1 is 0.925 bits per heavy atom. The Labute approximate surface area is 230 Å². The van der Waals surface area contributed by atoms with Crippen LogP contribution in [0.1, 0.15) is 66.9 Å². The normalized spacial score (nSPS) is 12.7. The van der Waals surface area contributed by atoms with Gasteiger partial charge < -0.3 is 35.3 Å². The first-order valence-electron chi connectivity index (χ1n) is 12.7. The van der Waals surface area contributed by atoms with Crippen LogP contribution < -0.4 is 21.4 Å². The first-order valence-corrected chi connectivity index (χ1v) is 14.5. The zero-order valence-corrected chi connectivity index (χ0v) is 23.1. The van der Waals surface area contributed by atoms with E-state index in [9.17, 15) is 28.8 Å². The van der Waals surface area contributed by atoms with Gasteiger partial charge in [-0.1, -0.05) is 39.2 Å². The molecule has 0 saturated carbocycles. The van der Waals surface area contributed by atoms with Gasteiger partial charge in [0.1, 0.15) is 17.8 Å². The SMILES string of the molecule is CCCCC[C@@H](C(=O)NCNC(=O)c1ccc(-c2ccc(C(=O)NCP(=O)(O)O)c(O)c2)o1)[C@@H](CC)C(=O)NO. The maximum Gasteiger partial charge on any atom is 0.344 e. The van der Waals surface area contributed by atoms with Gasteiger partial charge in [-0.15, -0.1) is 0 Å². The van der Waals surface area contributed by atoms with E-state index in [0.29, 0.717) is 18.4 Å². The molecule has 1 aromatic heterocycles. The fourth-order valence-electron chi connectivity index (χ4n) is 4.06. The van der Waals surface area contributed by atoms with Crippen molar-refractivity contribution >= 4 is 31.2 Å². The van der Waals surface area contributed by atoms with E-state index in [1.54, 1.807) is 12.4 Å². The van der Waals surface area contributed by atoms with Crippen molar-refractivity contribution in [2.75, 3.05) is 13.0 Å². The second-order valence-corrected chi connectivity index (χ2v) is 10.7. The number of rotatable bonds is 15. The third-order valence-electron chi connectivity index (χ3n) is 6.14. The minimum absolute atomic E-state index is 0.0993. The van der Waals surface area contributed by atoms with E-state index in [0.717, 1.165) is 19.3 Å². The number of aromatic hydroxyl groups is 1. The molecule has 0 bridgehead atoms. The van der Waals surface area contributed by atoms with Gasteiger partial charge in [0.2, 0.25) is 11.8 Å². The number of unbranched alkanes of at least 4 members (excludes halogenated alkanes) is 2. The quantitative estimate of drug-likeness (QED) is 0.0501. The highest BCUT2D eigenvalue weighted by Crippen LogP contribution is 2.33. The molecule has 0 spiro atoms. The number of benzene rings is 1. The van der Waals surface area contributed by atoms with Gasteiger partial charge in [0.15, 0.2) is 5.76 Å². The molecule has 0 aliphatic heterocycles. The molecule has 1 heterocycles. The average Bonchev–Trinajstić information content (AvgIpc) is 3.41. The van der Waals surface area contributed by atoms with E-state index < -0.39 is 55.1 Å². The number of nitrogens with one attached hydrogen (secondary N) is 4. The van der Waals surface area contributed by atoms with Crippen LogP contribution in [-0.4, -0.2) is 56.7 Å². The summed E-state index contributed by atoms with van der Waals surface area (Å²) in [5.41, 5.74) is 1.71. The number of hydrogen-bond acceptors (Lipinski definition) is 8. The Balaban J connectivity index is 2.00. The van der Waals surface area contributed by atoms with Gasteiger partial charge in [-0.25, -0.2) is 5.48 Å². The first-order chi connectivity index (χ1) is 18.9. The molecule has 2 atom stereocenters. The molecule has 14 nitrogen and oxygen atoms in total. The number of hydrogen-bond donors (Lipinski definition) is 8. The molecule has 1 aromatic carbocycles. The van der Waals surface area contributed by atoms with Crippen molar-refractivity contribution in [1.29, 1.82) is 0 Å². The van der Waals surface area contributed by atoms with Crippen LogP contribution in [0.2, 0.25) is 0 Å². The summed E-state index contributed by atoms with van der Waals surface area (Å²) in [4.78, 5) is 67.2. The summed E-state index contributed by atoms with van der Waals surface area (Å²) < 4.78 is 16.5. The molecule has 0 aliphatic rings. The van der Waals surface area contributed by atoms with Crippen molar-refractivity contribution in [2.24, 2.45) is 11.8 Å².